The third-order valence-electron chi connectivity index (χ3n) is 2.51. The maximum absolute atomic E-state index is 6.08. The van der Waals surface area contributed by atoms with E-state index in [1.807, 2.05) is 13.1 Å². The van der Waals surface area contributed by atoms with Crippen molar-refractivity contribution in [1.82, 2.24) is 5.32 Å². The molecule has 0 aliphatic heterocycles. The summed E-state index contributed by atoms with van der Waals surface area (Å²) in [4.78, 5) is 0. The van der Waals surface area contributed by atoms with Crippen LogP contribution in [0.3, 0.4) is 0 Å². The molecule has 0 spiro atoms. The predicted molar refractivity (Wildman–Crippen MR) is 81.6 cm³/mol. The van der Waals surface area contributed by atoms with E-state index in [1.54, 1.807) is 12.1 Å². The summed E-state index contributed by atoms with van der Waals surface area (Å²) in [7, 11) is 1.94. The molecule has 1 atom stereocenters. The minimum absolute atomic E-state index is 0. The van der Waals surface area contributed by atoms with Gasteiger partial charge < -0.3 is 10.1 Å². The van der Waals surface area contributed by atoms with Crippen molar-refractivity contribution < 1.29 is 4.74 Å². The van der Waals surface area contributed by atoms with Gasteiger partial charge in [0.2, 0.25) is 0 Å². The fourth-order valence-corrected chi connectivity index (χ4v) is 2.09. The molecule has 5 heteroatoms. The van der Waals surface area contributed by atoms with E-state index >= 15 is 0 Å². The first kappa shape index (κ1) is 17.8. The highest BCUT2D eigenvalue weighted by Gasteiger charge is 2.11. The molecule has 0 bridgehead atoms. The van der Waals surface area contributed by atoms with Gasteiger partial charge in [-0.3, -0.25) is 0 Å². The first-order valence-corrected chi connectivity index (χ1v) is 6.69. The molecule has 0 aromatic heterocycles. The van der Waals surface area contributed by atoms with Gasteiger partial charge in [0.05, 0.1) is 11.1 Å². The smallest absolute Gasteiger partial charge is 0.138 e. The minimum Gasteiger partial charge on any atom is -0.489 e. The zero-order valence-electron chi connectivity index (χ0n) is 10.7. The third-order valence-corrected chi connectivity index (χ3v) is 3.04. The van der Waals surface area contributed by atoms with Crippen LogP contribution in [0.4, 0.5) is 0 Å². The van der Waals surface area contributed by atoms with Crippen molar-refractivity contribution in [3.05, 3.63) is 28.2 Å². The number of nitrogens with one attached hydrogen (secondary N) is 1. The van der Waals surface area contributed by atoms with Crippen LogP contribution in [0.1, 0.15) is 26.2 Å². The fourth-order valence-electron chi connectivity index (χ4n) is 1.64. The second kappa shape index (κ2) is 9.74. The average Bonchev–Trinajstić information content (AvgIpc) is 2.29. The van der Waals surface area contributed by atoms with Crippen molar-refractivity contribution in [2.75, 3.05) is 13.6 Å². The number of hydrogen-bond acceptors (Lipinski definition) is 2. The summed E-state index contributed by atoms with van der Waals surface area (Å²) in [6.07, 6.45) is 3.30. The van der Waals surface area contributed by atoms with Crippen LogP contribution in [0.5, 0.6) is 5.75 Å². The second-order valence-corrected chi connectivity index (χ2v) is 4.84. The Morgan fingerprint density at radius 2 is 2.00 bits per heavy atom. The first-order chi connectivity index (χ1) is 8.17. The van der Waals surface area contributed by atoms with Crippen LogP contribution in [0, 0.1) is 0 Å². The summed E-state index contributed by atoms with van der Waals surface area (Å²) in [5.41, 5.74) is 0. The van der Waals surface area contributed by atoms with Gasteiger partial charge >= 0.3 is 0 Å². The monoisotopic (exact) mass is 311 g/mol. The molecule has 1 aromatic rings. The molecular formula is C13H20Cl3NO. The summed E-state index contributed by atoms with van der Waals surface area (Å²) in [6.45, 7) is 3.09. The van der Waals surface area contributed by atoms with Gasteiger partial charge in [0.1, 0.15) is 5.75 Å². The lowest BCUT2D eigenvalue weighted by atomic mass is 10.1. The largest absolute Gasteiger partial charge is 0.489 e. The molecular weight excluding hydrogens is 293 g/mol. The lowest BCUT2D eigenvalue weighted by Gasteiger charge is -2.19. The van der Waals surface area contributed by atoms with Gasteiger partial charge in [-0.2, -0.15) is 0 Å². The highest BCUT2D eigenvalue weighted by Crippen LogP contribution is 2.29. The highest BCUT2D eigenvalue weighted by atomic mass is 35.5. The first-order valence-electron chi connectivity index (χ1n) is 5.93. The summed E-state index contributed by atoms with van der Waals surface area (Å²) in [6, 6.07) is 5.33. The van der Waals surface area contributed by atoms with Crippen molar-refractivity contribution >= 4 is 35.6 Å². The number of rotatable bonds is 7. The molecule has 0 fully saturated rings. The third kappa shape index (κ3) is 6.14. The molecule has 104 valence electrons. The van der Waals surface area contributed by atoms with E-state index in [1.165, 1.54) is 0 Å². The lowest BCUT2D eigenvalue weighted by molar-refractivity contribution is 0.180. The molecule has 0 radical (unpaired) electrons. The molecule has 0 aliphatic rings. The lowest BCUT2D eigenvalue weighted by Crippen LogP contribution is -2.22. The van der Waals surface area contributed by atoms with Gasteiger partial charge in [0.15, 0.2) is 0 Å². The summed E-state index contributed by atoms with van der Waals surface area (Å²) in [5, 5.41) is 4.33. The average molecular weight is 313 g/mol. The Bertz CT molecular complexity index is 347. The van der Waals surface area contributed by atoms with Crippen LogP contribution in [-0.4, -0.2) is 19.7 Å². The fraction of sp³-hybridized carbons (Fsp3) is 0.538. The predicted octanol–water partition coefficient (Wildman–Crippen LogP) is 4.57. The molecule has 0 saturated heterocycles. The van der Waals surface area contributed by atoms with Crippen LogP contribution >= 0.6 is 35.6 Å². The molecule has 2 nitrogen and oxygen atoms in total. The molecule has 0 unspecified atom stereocenters. The van der Waals surface area contributed by atoms with Crippen molar-refractivity contribution in [2.45, 2.75) is 32.3 Å². The van der Waals surface area contributed by atoms with Crippen molar-refractivity contribution in [3.8, 4) is 5.75 Å². The Balaban J connectivity index is 0.00000289. The summed E-state index contributed by atoms with van der Waals surface area (Å²) >= 11 is 11.9. The van der Waals surface area contributed by atoms with Crippen LogP contribution in [-0.2, 0) is 0 Å². The molecule has 1 N–H and O–H groups in total. The molecule has 0 aliphatic carbocycles. The Labute approximate surface area is 125 Å². The van der Waals surface area contributed by atoms with E-state index in [0.717, 1.165) is 25.8 Å². The minimum atomic E-state index is 0. The van der Waals surface area contributed by atoms with E-state index in [-0.39, 0.29) is 18.5 Å². The SMILES string of the molecule is CCC[C@H](CCNC)Oc1ccc(Cl)cc1Cl.Cl. The van der Waals surface area contributed by atoms with Gasteiger partial charge in [-0.05, 0) is 44.6 Å². The number of ether oxygens (including phenoxy) is 1. The van der Waals surface area contributed by atoms with Crippen molar-refractivity contribution in [1.29, 1.82) is 0 Å². The van der Waals surface area contributed by atoms with Gasteiger partial charge in [-0.25, -0.2) is 0 Å². The zero-order chi connectivity index (χ0) is 12.7. The molecule has 0 heterocycles. The summed E-state index contributed by atoms with van der Waals surface area (Å²) < 4.78 is 5.91. The van der Waals surface area contributed by atoms with Crippen LogP contribution in [0.2, 0.25) is 10.0 Å². The summed E-state index contributed by atoms with van der Waals surface area (Å²) in [5.74, 6) is 0.714. The maximum atomic E-state index is 6.08. The van der Waals surface area contributed by atoms with Crippen LogP contribution in [0.15, 0.2) is 18.2 Å². The van der Waals surface area contributed by atoms with Crippen LogP contribution in [0.25, 0.3) is 0 Å². The molecule has 0 saturated carbocycles. The number of hydrogen-bond donors (Lipinski definition) is 1. The standard InChI is InChI=1S/C13H19Cl2NO.ClH/c1-3-4-11(7-8-16-2)17-13-6-5-10(14)9-12(13)15;/h5-6,9,11,16H,3-4,7-8H2,1-2H3;1H/t11-;/m1./s1. The molecule has 0 amide bonds. The Hall–Kier alpha value is -0.150. The van der Waals surface area contributed by atoms with E-state index < -0.39 is 0 Å². The van der Waals surface area contributed by atoms with Gasteiger partial charge in [-0.15, -0.1) is 12.4 Å². The number of benzene rings is 1. The van der Waals surface area contributed by atoms with E-state index in [9.17, 15) is 0 Å². The number of halogens is 3. The Kier molecular flexibility index (Phi) is 9.66. The Morgan fingerprint density at radius 1 is 1.28 bits per heavy atom. The van der Waals surface area contributed by atoms with Crippen molar-refractivity contribution in [3.63, 3.8) is 0 Å². The van der Waals surface area contributed by atoms with E-state index in [2.05, 4.69) is 12.2 Å². The second-order valence-electron chi connectivity index (χ2n) is 4.00. The van der Waals surface area contributed by atoms with Crippen LogP contribution < -0.4 is 10.1 Å². The molecule has 1 aromatic carbocycles. The molecule has 1 rings (SSSR count). The maximum Gasteiger partial charge on any atom is 0.138 e. The molecule has 18 heavy (non-hydrogen) atoms. The topological polar surface area (TPSA) is 21.3 Å². The van der Waals surface area contributed by atoms with E-state index in [4.69, 9.17) is 27.9 Å². The van der Waals surface area contributed by atoms with Gasteiger partial charge in [-0.1, -0.05) is 36.5 Å². The highest BCUT2D eigenvalue weighted by molar-refractivity contribution is 6.35. The normalized spacial score (nSPS) is 11.8. The zero-order valence-corrected chi connectivity index (χ0v) is 13.0. The van der Waals surface area contributed by atoms with Gasteiger partial charge in [0.25, 0.3) is 0 Å². The quantitative estimate of drug-likeness (QED) is 0.796. The van der Waals surface area contributed by atoms with Crippen molar-refractivity contribution in [2.24, 2.45) is 0 Å². The Morgan fingerprint density at radius 3 is 2.56 bits per heavy atom. The van der Waals surface area contributed by atoms with Gasteiger partial charge in [0, 0.05) is 5.02 Å². The van der Waals surface area contributed by atoms with E-state index in [0.29, 0.717) is 15.8 Å².